The molecule has 13 heteroatoms. The van der Waals surface area contributed by atoms with Crippen LogP contribution in [0.1, 0.15) is 68.2 Å². The number of nitrogens with zero attached hydrogens (tertiary/aromatic N) is 1. The Balaban J connectivity index is 1.80. The quantitative estimate of drug-likeness (QED) is 0.229. The summed E-state index contributed by atoms with van der Waals surface area (Å²) in [6, 6.07) is 5.54. The summed E-state index contributed by atoms with van der Waals surface area (Å²) in [5, 5.41) is 10.7. The minimum atomic E-state index is -0.813. The van der Waals surface area contributed by atoms with Crippen LogP contribution in [0.5, 0.6) is 17.2 Å². The van der Waals surface area contributed by atoms with E-state index in [0.29, 0.717) is 47.6 Å². The molecule has 1 aliphatic rings. The molecule has 0 saturated carbocycles. The van der Waals surface area contributed by atoms with Gasteiger partial charge in [-0.05, 0) is 60.6 Å². The molecule has 12 nitrogen and oxygen atoms in total. The van der Waals surface area contributed by atoms with Crippen molar-refractivity contribution >= 4 is 39.9 Å². The van der Waals surface area contributed by atoms with Crippen LogP contribution in [0.4, 0.5) is 10.8 Å². The smallest absolute Gasteiger partial charge is 0.357 e. The standard InChI is InChI=1S/C33H40N4O8S/c1-8-17(3)28(31(40)37-33-36-24(16-46-33)32(41)45-9-2)35-23-13-11-20-21(15-25(23)39)22(34-18(4)38)12-10-19-14-26(42-5)29(43-6)30(44-7)27(19)20/h11,13-17,22,28H,8-10,12H2,1-7H3,(H,34,38)(H,35,39)(H,36,37,40)/t17-,22+,28+/m1/s1. The second kappa shape index (κ2) is 15.1. The molecule has 0 saturated heterocycles. The van der Waals surface area contributed by atoms with Crippen molar-refractivity contribution in [1.29, 1.82) is 0 Å². The van der Waals surface area contributed by atoms with E-state index in [9.17, 15) is 19.2 Å². The van der Waals surface area contributed by atoms with E-state index in [1.165, 1.54) is 32.6 Å². The molecule has 0 unspecified atom stereocenters. The molecule has 0 radical (unpaired) electrons. The van der Waals surface area contributed by atoms with Crippen molar-refractivity contribution in [1.82, 2.24) is 10.3 Å². The number of amides is 2. The molecule has 46 heavy (non-hydrogen) atoms. The first-order chi connectivity index (χ1) is 22.1. The lowest BCUT2D eigenvalue weighted by Crippen LogP contribution is -2.40. The van der Waals surface area contributed by atoms with Crippen LogP contribution in [0, 0.1) is 5.92 Å². The zero-order valence-electron chi connectivity index (χ0n) is 27.1. The Bertz CT molecular complexity index is 1670. The van der Waals surface area contributed by atoms with E-state index in [0.717, 1.165) is 22.5 Å². The highest BCUT2D eigenvalue weighted by molar-refractivity contribution is 7.14. The van der Waals surface area contributed by atoms with Crippen molar-refractivity contribution in [3.8, 4) is 28.4 Å². The van der Waals surface area contributed by atoms with Crippen molar-refractivity contribution in [2.75, 3.05) is 38.6 Å². The van der Waals surface area contributed by atoms with Crippen LogP contribution in [-0.4, -0.2) is 56.7 Å². The van der Waals surface area contributed by atoms with Crippen LogP contribution in [0.3, 0.4) is 0 Å². The van der Waals surface area contributed by atoms with Crippen LogP contribution in [0.15, 0.2) is 34.4 Å². The molecule has 0 spiro atoms. The summed E-state index contributed by atoms with van der Waals surface area (Å²) >= 11 is 1.10. The molecule has 0 aliphatic heterocycles. The van der Waals surface area contributed by atoms with Gasteiger partial charge in [0, 0.05) is 17.9 Å². The number of benzene rings is 1. The van der Waals surface area contributed by atoms with Gasteiger partial charge in [-0.15, -0.1) is 11.3 Å². The molecule has 1 aromatic heterocycles. The number of fused-ring (bicyclic) bond motifs is 3. The highest BCUT2D eigenvalue weighted by atomic mass is 32.1. The molecule has 3 aromatic rings. The summed E-state index contributed by atoms with van der Waals surface area (Å²) in [4.78, 5) is 55.9. The van der Waals surface area contributed by atoms with Gasteiger partial charge in [0.15, 0.2) is 22.3 Å². The van der Waals surface area contributed by atoms with Gasteiger partial charge in [0.05, 0.1) is 39.7 Å². The second-order valence-corrected chi connectivity index (χ2v) is 11.7. The monoisotopic (exact) mass is 652 g/mol. The number of carbonyl (C=O) groups excluding carboxylic acids is 3. The van der Waals surface area contributed by atoms with Gasteiger partial charge < -0.3 is 34.9 Å². The van der Waals surface area contributed by atoms with Crippen molar-refractivity contribution < 1.29 is 33.3 Å². The van der Waals surface area contributed by atoms with Crippen molar-refractivity contribution in [3.05, 3.63) is 56.7 Å². The average Bonchev–Trinajstić information content (AvgIpc) is 3.38. The molecular formula is C33H40N4O8S. The van der Waals surface area contributed by atoms with Gasteiger partial charge in [-0.1, -0.05) is 26.3 Å². The Kier molecular flexibility index (Phi) is 11.2. The summed E-state index contributed by atoms with van der Waals surface area (Å²) in [6.07, 6.45) is 1.72. The fourth-order valence-corrected chi connectivity index (χ4v) is 6.19. The molecule has 1 heterocycles. The number of aromatic nitrogens is 1. The fraction of sp³-hybridized carbons (Fsp3) is 0.424. The first-order valence-electron chi connectivity index (χ1n) is 15.0. The van der Waals surface area contributed by atoms with E-state index < -0.39 is 24.0 Å². The van der Waals surface area contributed by atoms with E-state index in [-0.39, 0.29) is 40.4 Å². The third-order valence-electron chi connectivity index (χ3n) is 7.94. The number of anilines is 2. The average molecular weight is 653 g/mol. The highest BCUT2D eigenvalue weighted by Gasteiger charge is 2.31. The van der Waals surface area contributed by atoms with Crippen LogP contribution >= 0.6 is 11.3 Å². The van der Waals surface area contributed by atoms with Gasteiger partial charge in [-0.25, -0.2) is 9.78 Å². The van der Waals surface area contributed by atoms with E-state index >= 15 is 0 Å². The molecule has 0 fully saturated rings. The first-order valence-corrected chi connectivity index (χ1v) is 15.9. The van der Waals surface area contributed by atoms with Gasteiger partial charge in [-0.3, -0.25) is 14.4 Å². The predicted molar refractivity (Wildman–Crippen MR) is 176 cm³/mol. The topological polar surface area (TPSA) is 154 Å². The lowest BCUT2D eigenvalue weighted by molar-refractivity contribution is -0.120. The van der Waals surface area contributed by atoms with E-state index in [1.807, 2.05) is 19.9 Å². The number of nitrogens with one attached hydrogen (secondary N) is 3. The number of thiazole rings is 1. The maximum atomic E-state index is 13.8. The number of aryl methyl sites for hydroxylation is 1. The van der Waals surface area contributed by atoms with Gasteiger partial charge in [0.25, 0.3) is 0 Å². The summed E-state index contributed by atoms with van der Waals surface area (Å²) in [5.74, 6) is -0.0532. The second-order valence-electron chi connectivity index (χ2n) is 10.9. The van der Waals surface area contributed by atoms with Crippen molar-refractivity contribution in [2.24, 2.45) is 5.92 Å². The summed E-state index contributed by atoms with van der Waals surface area (Å²) in [6.45, 7) is 7.19. The summed E-state index contributed by atoms with van der Waals surface area (Å²) < 4.78 is 22.1. The fourth-order valence-electron chi connectivity index (χ4n) is 5.51. The lowest BCUT2D eigenvalue weighted by Gasteiger charge is -2.23. The number of esters is 1. The number of carbonyl (C=O) groups is 3. The number of hydrogen-bond acceptors (Lipinski definition) is 11. The van der Waals surface area contributed by atoms with Crippen molar-refractivity contribution in [3.63, 3.8) is 0 Å². The van der Waals surface area contributed by atoms with Gasteiger partial charge in [0.1, 0.15) is 6.04 Å². The van der Waals surface area contributed by atoms with Crippen LogP contribution in [0.2, 0.25) is 0 Å². The number of hydrogen-bond donors (Lipinski definition) is 3. The molecule has 4 rings (SSSR count). The lowest BCUT2D eigenvalue weighted by atomic mass is 9.95. The predicted octanol–water partition coefficient (Wildman–Crippen LogP) is 4.96. The molecule has 2 amide bonds. The van der Waals surface area contributed by atoms with Crippen LogP contribution in [0.25, 0.3) is 11.1 Å². The Labute approximate surface area is 271 Å². The number of rotatable bonds is 12. The highest BCUT2D eigenvalue weighted by Crippen LogP contribution is 2.50. The van der Waals surface area contributed by atoms with E-state index in [4.69, 9.17) is 18.9 Å². The maximum absolute atomic E-state index is 13.8. The Hall–Kier alpha value is -4.65. The Morgan fingerprint density at radius 1 is 1.07 bits per heavy atom. The first kappa shape index (κ1) is 34.2. The third kappa shape index (κ3) is 7.25. The Morgan fingerprint density at radius 2 is 1.80 bits per heavy atom. The molecule has 1 aliphatic carbocycles. The molecule has 0 bridgehead atoms. The molecule has 246 valence electrons. The Morgan fingerprint density at radius 3 is 2.43 bits per heavy atom. The normalized spacial score (nSPS) is 14.8. The molecule has 2 aromatic carbocycles. The third-order valence-corrected chi connectivity index (χ3v) is 8.70. The number of ether oxygens (including phenoxy) is 4. The van der Waals surface area contributed by atoms with E-state index in [2.05, 4.69) is 20.9 Å². The van der Waals surface area contributed by atoms with Crippen molar-refractivity contribution in [2.45, 2.75) is 59.0 Å². The number of methoxy groups -OCH3 is 3. The minimum Gasteiger partial charge on any atom is -0.493 e. The van der Waals surface area contributed by atoms with Crippen LogP contribution in [-0.2, 0) is 20.7 Å². The molecule has 3 atom stereocenters. The minimum absolute atomic E-state index is 0.104. The van der Waals surface area contributed by atoms with Gasteiger partial charge in [-0.2, -0.15) is 0 Å². The SMILES string of the molecule is CCOC(=O)c1csc(NC(=O)[C@@H](Nc2ccc3c(cc2=O)[C@@H](NC(C)=O)CCc2cc(OC)c(OC)c(OC)c2-3)[C@H](C)CC)n1. The van der Waals surface area contributed by atoms with Gasteiger partial charge >= 0.3 is 5.97 Å². The summed E-state index contributed by atoms with van der Waals surface area (Å²) in [5.41, 5.74) is 2.85. The van der Waals surface area contributed by atoms with Crippen LogP contribution < -0.4 is 35.6 Å². The zero-order chi connectivity index (χ0) is 33.5. The summed E-state index contributed by atoms with van der Waals surface area (Å²) in [7, 11) is 4.61. The molecular weight excluding hydrogens is 612 g/mol. The maximum Gasteiger partial charge on any atom is 0.357 e. The van der Waals surface area contributed by atoms with E-state index in [1.54, 1.807) is 26.2 Å². The largest absolute Gasteiger partial charge is 0.493 e. The molecule has 3 N–H and O–H groups in total. The van der Waals surface area contributed by atoms with Gasteiger partial charge in [0.2, 0.25) is 23.0 Å². The zero-order valence-corrected chi connectivity index (χ0v) is 27.9.